The van der Waals surface area contributed by atoms with Gasteiger partial charge in [-0.15, -0.1) is 0 Å². The number of benzene rings is 1. The summed E-state index contributed by atoms with van der Waals surface area (Å²) in [6.07, 6.45) is 0.897. The number of likely N-dealkylation sites (tertiary alicyclic amines) is 1. The summed E-state index contributed by atoms with van der Waals surface area (Å²) in [6.45, 7) is 4.32. The van der Waals surface area contributed by atoms with E-state index in [0.717, 1.165) is 38.5 Å². The standard InChI is InChI=1S/C22H25F3N4O/c23-22(24,25)18-5-1-6-19(14-18)27-10-12-28(13-11-27)20-7-3-9-29(16-20)21(30)17-4-2-8-26-15-17/h1-2,4-6,8,14-15,20H,3,7,9-13,16H2/t20-/m0/s1. The van der Waals surface area contributed by atoms with E-state index in [4.69, 9.17) is 0 Å². The van der Waals surface area contributed by atoms with E-state index in [9.17, 15) is 18.0 Å². The molecule has 2 saturated heterocycles. The maximum Gasteiger partial charge on any atom is 0.416 e. The van der Waals surface area contributed by atoms with Crippen LogP contribution in [0.1, 0.15) is 28.8 Å². The third-order valence-corrected chi connectivity index (χ3v) is 5.96. The highest BCUT2D eigenvalue weighted by atomic mass is 19.4. The van der Waals surface area contributed by atoms with Gasteiger partial charge in [-0.2, -0.15) is 13.2 Å². The molecule has 4 rings (SSSR count). The van der Waals surface area contributed by atoms with Crippen LogP contribution in [0.15, 0.2) is 48.8 Å². The van der Waals surface area contributed by atoms with Gasteiger partial charge in [-0.1, -0.05) is 6.07 Å². The Hall–Kier alpha value is -2.61. The Labute approximate surface area is 174 Å². The molecule has 8 heteroatoms. The van der Waals surface area contributed by atoms with Gasteiger partial charge in [0.2, 0.25) is 0 Å². The van der Waals surface area contributed by atoms with Crippen molar-refractivity contribution in [1.29, 1.82) is 0 Å². The van der Waals surface area contributed by atoms with Crippen LogP contribution in [0, 0.1) is 0 Å². The second kappa shape index (κ2) is 8.63. The van der Waals surface area contributed by atoms with Crippen molar-refractivity contribution in [2.45, 2.75) is 25.1 Å². The van der Waals surface area contributed by atoms with Crippen molar-refractivity contribution in [3.8, 4) is 0 Å². The first kappa shape index (κ1) is 20.7. The van der Waals surface area contributed by atoms with Crippen molar-refractivity contribution in [1.82, 2.24) is 14.8 Å². The van der Waals surface area contributed by atoms with Crippen molar-refractivity contribution >= 4 is 11.6 Å². The number of piperazine rings is 1. The molecule has 5 nitrogen and oxygen atoms in total. The van der Waals surface area contributed by atoms with Gasteiger partial charge in [0.15, 0.2) is 0 Å². The molecule has 0 unspecified atom stereocenters. The fourth-order valence-corrected chi connectivity index (χ4v) is 4.33. The average molecular weight is 418 g/mol. The predicted octanol–water partition coefficient (Wildman–Crippen LogP) is 3.53. The first-order valence-corrected chi connectivity index (χ1v) is 10.3. The van der Waals surface area contributed by atoms with E-state index < -0.39 is 11.7 Å². The van der Waals surface area contributed by atoms with Gasteiger partial charge < -0.3 is 9.80 Å². The molecule has 2 aromatic rings. The highest BCUT2D eigenvalue weighted by Crippen LogP contribution is 2.32. The van der Waals surface area contributed by atoms with Crippen molar-refractivity contribution < 1.29 is 18.0 Å². The minimum absolute atomic E-state index is 0.00963. The number of amides is 1. The number of halogens is 3. The van der Waals surface area contributed by atoms with Gasteiger partial charge in [-0.05, 0) is 43.2 Å². The van der Waals surface area contributed by atoms with E-state index in [-0.39, 0.29) is 11.9 Å². The molecule has 1 aromatic carbocycles. The van der Waals surface area contributed by atoms with Crippen LogP contribution in [0.25, 0.3) is 0 Å². The molecule has 30 heavy (non-hydrogen) atoms. The van der Waals surface area contributed by atoms with Crippen molar-refractivity contribution in [2.24, 2.45) is 0 Å². The summed E-state index contributed by atoms with van der Waals surface area (Å²) in [6, 6.07) is 9.37. The number of hydrogen-bond donors (Lipinski definition) is 0. The molecule has 2 aliphatic rings. The van der Waals surface area contributed by atoms with Crippen molar-refractivity contribution in [3.05, 3.63) is 59.9 Å². The number of alkyl halides is 3. The Bertz CT molecular complexity index is 866. The molecule has 2 aliphatic heterocycles. The van der Waals surface area contributed by atoms with Crippen LogP contribution in [-0.2, 0) is 6.18 Å². The average Bonchev–Trinajstić information content (AvgIpc) is 2.79. The summed E-state index contributed by atoms with van der Waals surface area (Å²) in [5, 5.41) is 0. The zero-order valence-electron chi connectivity index (χ0n) is 16.7. The second-order valence-corrected chi connectivity index (χ2v) is 7.86. The summed E-state index contributed by atoms with van der Waals surface area (Å²) in [7, 11) is 0. The smallest absolute Gasteiger partial charge is 0.369 e. The van der Waals surface area contributed by atoms with Gasteiger partial charge >= 0.3 is 6.18 Å². The van der Waals surface area contributed by atoms with E-state index in [1.807, 2.05) is 9.80 Å². The third-order valence-electron chi connectivity index (χ3n) is 5.96. The third kappa shape index (κ3) is 4.59. The van der Waals surface area contributed by atoms with Gasteiger partial charge in [-0.3, -0.25) is 14.7 Å². The fraction of sp³-hybridized carbons (Fsp3) is 0.455. The lowest BCUT2D eigenvalue weighted by molar-refractivity contribution is -0.137. The number of anilines is 1. The molecule has 0 radical (unpaired) electrons. The normalized spacial score (nSPS) is 21.0. The largest absolute Gasteiger partial charge is 0.416 e. The molecule has 160 valence electrons. The quantitative estimate of drug-likeness (QED) is 0.765. The number of piperidine rings is 1. The maximum absolute atomic E-state index is 13.0. The number of pyridine rings is 1. The van der Waals surface area contributed by atoms with Crippen LogP contribution in [0.3, 0.4) is 0 Å². The molecule has 0 aliphatic carbocycles. The molecule has 1 aromatic heterocycles. The Morgan fingerprint density at radius 2 is 1.83 bits per heavy atom. The van der Waals surface area contributed by atoms with Crippen LogP contribution >= 0.6 is 0 Å². The van der Waals surface area contributed by atoms with Crippen molar-refractivity contribution in [3.63, 3.8) is 0 Å². The minimum atomic E-state index is -4.33. The first-order chi connectivity index (χ1) is 14.4. The summed E-state index contributed by atoms with van der Waals surface area (Å²) < 4.78 is 39.0. The summed E-state index contributed by atoms with van der Waals surface area (Å²) in [5.74, 6) is 0.00963. The molecule has 1 amide bonds. The molecule has 0 saturated carbocycles. The van der Waals surface area contributed by atoms with E-state index in [1.165, 1.54) is 12.1 Å². The van der Waals surface area contributed by atoms with Gasteiger partial charge in [0, 0.05) is 63.4 Å². The molecular weight excluding hydrogens is 393 g/mol. The summed E-state index contributed by atoms with van der Waals surface area (Å²) >= 11 is 0. The van der Waals surface area contributed by atoms with Gasteiger partial charge in [0.05, 0.1) is 11.1 Å². The number of carbonyl (C=O) groups is 1. The zero-order valence-corrected chi connectivity index (χ0v) is 16.7. The maximum atomic E-state index is 13.0. The van der Waals surface area contributed by atoms with Crippen LogP contribution < -0.4 is 4.90 Å². The van der Waals surface area contributed by atoms with Crippen LogP contribution in [-0.4, -0.2) is 66.0 Å². The Morgan fingerprint density at radius 3 is 2.53 bits per heavy atom. The molecule has 0 bridgehead atoms. The molecular formula is C22H25F3N4O. The molecule has 2 fully saturated rings. The lowest BCUT2D eigenvalue weighted by Gasteiger charge is -2.44. The highest BCUT2D eigenvalue weighted by molar-refractivity contribution is 5.93. The monoisotopic (exact) mass is 418 g/mol. The van der Waals surface area contributed by atoms with E-state index >= 15 is 0 Å². The Balaban J connectivity index is 1.35. The minimum Gasteiger partial charge on any atom is -0.369 e. The number of rotatable bonds is 3. The highest BCUT2D eigenvalue weighted by Gasteiger charge is 2.32. The predicted molar refractivity (Wildman–Crippen MR) is 108 cm³/mol. The van der Waals surface area contributed by atoms with Crippen molar-refractivity contribution in [2.75, 3.05) is 44.2 Å². The van der Waals surface area contributed by atoms with Crippen LogP contribution in [0.5, 0.6) is 0 Å². The van der Waals surface area contributed by atoms with Crippen LogP contribution in [0.2, 0.25) is 0 Å². The van der Waals surface area contributed by atoms with Gasteiger partial charge in [0.25, 0.3) is 5.91 Å². The first-order valence-electron chi connectivity index (χ1n) is 10.3. The van der Waals surface area contributed by atoms with Gasteiger partial charge in [0.1, 0.15) is 0 Å². The number of carbonyl (C=O) groups excluding carboxylic acids is 1. The number of nitrogens with zero attached hydrogens (tertiary/aromatic N) is 4. The fourth-order valence-electron chi connectivity index (χ4n) is 4.33. The summed E-state index contributed by atoms with van der Waals surface area (Å²) in [4.78, 5) is 23.0. The Morgan fingerprint density at radius 1 is 1.03 bits per heavy atom. The van der Waals surface area contributed by atoms with Crippen LogP contribution in [0.4, 0.5) is 18.9 Å². The molecule has 0 N–H and O–H groups in total. The van der Waals surface area contributed by atoms with E-state index in [0.29, 0.717) is 30.9 Å². The lowest BCUT2D eigenvalue weighted by atomic mass is 10.0. The Kier molecular flexibility index (Phi) is 5.94. The van der Waals surface area contributed by atoms with E-state index in [1.54, 1.807) is 30.6 Å². The molecule has 1 atom stereocenters. The number of aromatic nitrogens is 1. The number of hydrogen-bond acceptors (Lipinski definition) is 4. The topological polar surface area (TPSA) is 39.7 Å². The lowest BCUT2D eigenvalue weighted by Crippen LogP contribution is -2.55. The molecule has 3 heterocycles. The van der Waals surface area contributed by atoms with E-state index in [2.05, 4.69) is 9.88 Å². The second-order valence-electron chi connectivity index (χ2n) is 7.86. The molecule has 0 spiro atoms. The SMILES string of the molecule is O=C(c1cccnc1)N1CCC[C@H](N2CCN(c3cccc(C(F)(F)F)c3)CC2)C1. The van der Waals surface area contributed by atoms with Gasteiger partial charge in [-0.25, -0.2) is 0 Å². The summed E-state index contributed by atoms with van der Waals surface area (Å²) in [5.41, 5.74) is 0.605. The zero-order chi connectivity index (χ0) is 21.1.